The van der Waals surface area contributed by atoms with Gasteiger partial charge in [-0.15, -0.1) is 0 Å². The van der Waals surface area contributed by atoms with Crippen molar-refractivity contribution in [3.05, 3.63) is 89.0 Å². The number of benzene rings is 2. The van der Waals surface area contributed by atoms with Crippen molar-refractivity contribution in [3.8, 4) is 0 Å². The lowest BCUT2D eigenvalue weighted by molar-refractivity contribution is -0.139. The highest BCUT2D eigenvalue weighted by molar-refractivity contribution is 5.96. The molecule has 9 heteroatoms. The summed E-state index contributed by atoms with van der Waals surface area (Å²) in [5.74, 6) is -1.06. The molecular formula is C25H30N6O3. The Hall–Kier alpha value is -4.14. The van der Waals surface area contributed by atoms with Crippen LogP contribution in [0.5, 0.6) is 0 Å². The van der Waals surface area contributed by atoms with Crippen LogP contribution in [0.15, 0.2) is 60.7 Å². The van der Waals surface area contributed by atoms with Gasteiger partial charge < -0.3 is 26.0 Å². The van der Waals surface area contributed by atoms with Crippen LogP contribution in [-0.2, 0) is 4.79 Å². The predicted octanol–water partition coefficient (Wildman–Crippen LogP) is 2.61. The van der Waals surface area contributed by atoms with E-state index < -0.39 is 17.9 Å². The number of amides is 1. The average Bonchev–Trinajstić information content (AvgIpc) is 3.23. The highest BCUT2D eigenvalue weighted by Crippen LogP contribution is 2.30. The Morgan fingerprint density at radius 2 is 1.65 bits per heavy atom. The number of nitrogens with zero attached hydrogens (tertiary/aromatic N) is 1. The molecule has 1 aromatic heterocycles. The maximum Gasteiger partial charge on any atom is 0.326 e. The molecule has 34 heavy (non-hydrogen) atoms. The Balaban J connectivity index is 1.78. The molecule has 0 fully saturated rings. The molecular weight excluding hydrogens is 432 g/mol. The zero-order valence-corrected chi connectivity index (χ0v) is 19.3. The molecule has 178 valence electrons. The van der Waals surface area contributed by atoms with Crippen LogP contribution in [0, 0.1) is 12.3 Å². The monoisotopic (exact) mass is 462 g/mol. The fraction of sp³-hybridized carbons (Fsp3) is 0.280. The molecule has 0 aliphatic rings. The molecule has 0 spiro atoms. The zero-order chi connectivity index (χ0) is 24.5. The molecule has 6 N–H and O–H groups in total. The molecule has 0 aliphatic carbocycles. The molecule has 3 rings (SSSR count). The minimum atomic E-state index is -1.11. The molecule has 0 aliphatic heterocycles. The van der Waals surface area contributed by atoms with Crippen molar-refractivity contribution in [1.82, 2.24) is 25.9 Å². The van der Waals surface area contributed by atoms with Crippen molar-refractivity contribution in [3.63, 3.8) is 0 Å². The normalized spacial score (nSPS) is 11.6. The van der Waals surface area contributed by atoms with Crippen LogP contribution in [0.4, 0.5) is 0 Å². The van der Waals surface area contributed by atoms with Gasteiger partial charge in [0.2, 0.25) is 0 Å². The summed E-state index contributed by atoms with van der Waals surface area (Å²) in [6.07, 6.45) is 0.695. The van der Waals surface area contributed by atoms with Crippen LogP contribution in [0.1, 0.15) is 51.9 Å². The van der Waals surface area contributed by atoms with Crippen molar-refractivity contribution in [1.29, 1.82) is 5.41 Å². The van der Waals surface area contributed by atoms with Crippen LogP contribution in [0.25, 0.3) is 0 Å². The van der Waals surface area contributed by atoms with E-state index in [0.29, 0.717) is 24.5 Å². The van der Waals surface area contributed by atoms with Crippen LogP contribution < -0.4 is 16.0 Å². The maximum atomic E-state index is 13.0. The van der Waals surface area contributed by atoms with E-state index in [4.69, 9.17) is 5.41 Å². The molecule has 9 nitrogen and oxygen atoms in total. The lowest BCUT2D eigenvalue weighted by atomic mass is 9.91. The number of hydrogen-bond donors (Lipinski definition) is 6. The number of aryl methyl sites for hydroxylation is 1. The molecule has 1 amide bonds. The summed E-state index contributed by atoms with van der Waals surface area (Å²) in [6, 6.07) is 18.7. The second-order valence-electron chi connectivity index (χ2n) is 7.90. The highest BCUT2D eigenvalue weighted by Gasteiger charge is 2.26. The Bertz CT molecular complexity index is 1070. The number of nitrogens with one attached hydrogen (secondary N) is 5. The smallest absolute Gasteiger partial charge is 0.326 e. The number of aromatic nitrogens is 2. The highest BCUT2D eigenvalue weighted by atomic mass is 16.4. The van der Waals surface area contributed by atoms with E-state index in [1.807, 2.05) is 60.7 Å². The number of hydrogen-bond acceptors (Lipinski definition) is 4. The Morgan fingerprint density at radius 3 is 2.18 bits per heavy atom. The molecule has 0 radical (unpaired) electrons. The number of H-pyrrole nitrogens is 1. The largest absolute Gasteiger partial charge is 0.480 e. The van der Waals surface area contributed by atoms with Crippen LogP contribution in [0.2, 0.25) is 0 Å². The van der Waals surface area contributed by atoms with E-state index in [0.717, 1.165) is 11.1 Å². The first-order valence-corrected chi connectivity index (χ1v) is 11.1. The minimum Gasteiger partial charge on any atom is -0.480 e. The molecule has 0 unspecified atom stereocenters. The van der Waals surface area contributed by atoms with Gasteiger partial charge in [-0.25, -0.2) is 9.78 Å². The fourth-order valence-electron chi connectivity index (χ4n) is 3.74. The molecule has 1 atom stereocenters. The Labute approximate surface area is 198 Å². The summed E-state index contributed by atoms with van der Waals surface area (Å²) in [5, 5.41) is 25.1. The first-order chi connectivity index (χ1) is 16.4. The zero-order valence-electron chi connectivity index (χ0n) is 19.3. The topological polar surface area (TPSA) is 143 Å². The fourth-order valence-corrected chi connectivity index (χ4v) is 3.74. The summed E-state index contributed by atoms with van der Waals surface area (Å²) in [4.78, 5) is 32.5. The number of carbonyl (C=O) groups is 2. The van der Waals surface area contributed by atoms with Gasteiger partial charge >= 0.3 is 5.97 Å². The minimum absolute atomic E-state index is 0.155. The molecule has 0 saturated carbocycles. The maximum absolute atomic E-state index is 13.0. The number of carbonyl (C=O) groups excluding carboxylic acids is 1. The van der Waals surface area contributed by atoms with E-state index >= 15 is 0 Å². The van der Waals surface area contributed by atoms with Gasteiger partial charge in [0.15, 0.2) is 5.96 Å². The van der Waals surface area contributed by atoms with Gasteiger partial charge in [0, 0.05) is 13.6 Å². The van der Waals surface area contributed by atoms with E-state index in [-0.39, 0.29) is 24.0 Å². The van der Waals surface area contributed by atoms with Gasteiger partial charge in [-0.3, -0.25) is 10.2 Å². The van der Waals surface area contributed by atoms with Crippen molar-refractivity contribution in [2.45, 2.75) is 31.7 Å². The third kappa shape index (κ3) is 6.22. The second-order valence-corrected chi connectivity index (χ2v) is 7.90. The van der Waals surface area contributed by atoms with Crippen molar-refractivity contribution >= 4 is 17.8 Å². The third-order valence-electron chi connectivity index (χ3n) is 5.49. The standard InChI is InChI=1S/C25H30N6O3/c1-16-21(23(32)30-19(24(33)34)14-9-15-28-25(26)27-2)31-22(29-16)20(17-10-5-3-6-11-17)18-12-7-4-8-13-18/h3-8,10-13,19-20H,9,14-15H2,1-2H3,(H,29,31)(H,30,32)(H,33,34)(H3,26,27,28)/t19-/m0/s1. The lowest BCUT2D eigenvalue weighted by Gasteiger charge is -2.16. The van der Waals surface area contributed by atoms with Gasteiger partial charge in [-0.2, -0.15) is 0 Å². The van der Waals surface area contributed by atoms with Crippen LogP contribution in [0.3, 0.4) is 0 Å². The quantitative estimate of drug-likeness (QED) is 0.155. The first kappa shape index (κ1) is 24.5. The van der Waals surface area contributed by atoms with Gasteiger partial charge in [0.1, 0.15) is 17.6 Å². The molecule has 3 aromatic rings. The Kier molecular flexibility index (Phi) is 8.39. The van der Waals surface area contributed by atoms with Gasteiger partial charge in [0.05, 0.1) is 11.6 Å². The number of aliphatic carboxylic acids is 1. The molecule has 1 heterocycles. The first-order valence-electron chi connectivity index (χ1n) is 11.1. The van der Waals surface area contributed by atoms with E-state index in [2.05, 4.69) is 25.9 Å². The third-order valence-corrected chi connectivity index (χ3v) is 5.49. The second kappa shape index (κ2) is 11.6. The summed E-state index contributed by atoms with van der Waals surface area (Å²) in [6.45, 7) is 2.15. The van der Waals surface area contributed by atoms with Crippen LogP contribution >= 0.6 is 0 Å². The Morgan fingerprint density at radius 1 is 1.06 bits per heavy atom. The van der Waals surface area contributed by atoms with Crippen molar-refractivity contribution in [2.75, 3.05) is 13.6 Å². The van der Waals surface area contributed by atoms with E-state index in [9.17, 15) is 14.7 Å². The average molecular weight is 463 g/mol. The lowest BCUT2D eigenvalue weighted by Crippen LogP contribution is -2.42. The number of carboxylic acid groups (broad SMARTS) is 1. The van der Waals surface area contributed by atoms with Gasteiger partial charge in [-0.1, -0.05) is 60.7 Å². The van der Waals surface area contributed by atoms with Crippen molar-refractivity contribution < 1.29 is 14.7 Å². The summed E-state index contributed by atoms with van der Waals surface area (Å²) < 4.78 is 0. The van der Waals surface area contributed by atoms with Crippen LogP contribution in [-0.4, -0.2) is 52.5 Å². The van der Waals surface area contributed by atoms with Gasteiger partial charge in [0.25, 0.3) is 5.91 Å². The molecule has 0 saturated heterocycles. The SMILES string of the molecule is CNC(=N)NCCC[C@H](NC(=O)c1[nH]c(C(c2ccccc2)c2ccccc2)nc1C)C(=O)O. The number of aromatic amines is 1. The number of guanidine groups is 1. The van der Waals surface area contributed by atoms with Gasteiger partial charge in [-0.05, 0) is 30.9 Å². The molecule has 0 bridgehead atoms. The summed E-state index contributed by atoms with van der Waals surface area (Å²) >= 11 is 0. The number of rotatable bonds is 10. The van der Waals surface area contributed by atoms with E-state index in [1.54, 1.807) is 14.0 Å². The van der Waals surface area contributed by atoms with Crippen molar-refractivity contribution in [2.24, 2.45) is 0 Å². The predicted molar refractivity (Wildman–Crippen MR) is 130 cm³/mol. The summed E-state index contributed by atoms with van der Waals surface area (Å²) in [7, 11) is 1.62. The number of imidazole rings is 1. The molecule has 2 aromatic carbocycles. The number of carboxylic acids is 1. The summed E-state index contributed by atoms with van der Waals surface area (Å²) in [5.41, 5.74) is 2.79. The van der Waals surface area contributed by atoms with E-state index in [1.165, 1.54) is 0 Å².